The van der Waals surface area contributed by atoms with Crippen LogP contribution >= 0.6 is 22.6 Å². The number of piperazine rings is 1. The Balaban J connectivity index is 2.74. The van der Waals surface area contributed by atoms with Crippen molar-refractivity contribution < 1.29 is 9.50 Å². The summed E-state index contributed by atoms with van der Waals surface area (Å²) in [7, 11) is 0. The first-order valence-electron chi connectivity index (χ1n) is 7.22. The fourth-order valence-electron chi connectivity index (χ4n) is 4.01. The average Bonchev–Trinajstić information content (AvgIpc) is 2.43. The van der Waals surface area contributed by atoms with E-state index in [4.69, 9.17) is 5.73 Å². The molecule has 2 aliphatic rings. The van der Waals surface area contributed by atoms with E-state index in [0.717, 1.165) is 0 Å². The average molecular weight is 436 g/mol. The van der Waals surface area contributed by atoms with Crippen molar-refractivity contribution in [3.8, 4) is 0 Å². The van der Waals surface area contributed by atoms with Crippen molar-refractivity contribution in [2.24, 2.45) is 10.7 Å². The Labute approximate surface area is 173 Å². The Morgan fingerprint density at radius 1 is 1.43 bits per heavy atom. The molecule has 2 heterocycles. The van der Waals surface area contributed by atoms with E-state index in [2.05, 4.69) is 34.5 Å². The number of aliphatic hydroxyl groups is 1. The van der Waals surface area contributed by atoms with Crippen LogP contribution in [-0.2, 0) is 0 Å². The summed E-state index contributed by atoms with van der Waals surface area (Å²) in [5, 5.41) is 11.4. The van der Waals surface area contributed by atoms with Gasteiger partial charge in [-0.1, -0.05) is 0 Å². The number of halogens is 2. The Morgan fingerprint density at radius 3 is 2.33 bits per heavy atom. The van der Waals surface area contributed by atoms with Crippen LogP contribution in [0.5, 0.6) is 0 Å². The Morgan fingerprint density at radius 2 is 1.90 bits per heavy atom. The number of rotatable bonds is 1. The minimum absolute atomic E-state index is 0.0496. The monoisotopic (exact) mass is 436 g/mol. The summed E-state index contributed by atoms with van der Waals surface area (Å²) in [6.07, 6.45) is 0. The van der Waals surface area contributed by atoms with Crippen LogP contribution in [0.1, 0.15) is 41.5 Å². The number of amidine groups is 1. The molecule has 0 aromatic heterocycles. The van der Waals surface area contributed by atoms with Crippen LogP contribution < -0.4 is 5.73 Å². The zero-order valence-corrected chi connectivity index (χ0v) is 19.1. The van der Waals surface area contributed by atoms with E-state index in [9.17, 15) is 5.11 Å². The van der Waals surface area contributed by atoms with Gasteiger partial charge in [0.15, 0.2) is 0 Å². The SMILES string of the molecule is CC1=NC(C)(N)C2(O)N1[C](C)([K])C(I)N(C(C)C)C2(C)F. The molecule has 8 heteroatoms. The van der Waals surface area contributed by atoms with Gasteiger partial charge in [0.05, 0.1) is 0 Å². The fraction of sp³-hybridized carbons (Fsp3) is 0.923. The van der Waals surface area contributed by atoms with Crippen molar-refractivity contribution in [3.63, 3.8) is 0 Å². The van der Waals surface area contributed by atoms with Gasteiger partial charge in [0, 0.05) is 0 Å². The van der Waals surface area contributed by atoms with Crippen LogP contribution in [0.4, 0.5) is 4.39 Å². The topological polar surface area (TPSA) is 65.1 Å². The minimum atomic E-state index is -2.00. The Bertz CT molecular complexity index is 497. The molecule has 0 saturated carbocycles. The fourth-order valence-corrected chi connectivity index (χ4v) is 6.90. The zero-order valence-electron chi connectivity index (χ0n) is 13.8. The molecule has 0 aliphatic carbocycles. The molecule has 0 aromatic carbocycles. The number of nitrogens with two attached hydrogens (primary N) is 1. The molecule has 1 fully saturated rings. The van der Waals surface area contributed by atoms with Gasteiger partial charge >= 0.3 is 176 Å². The van der Waals surface area contributed by atoms with Crippen molar-refractivity contribution in [1.29, 1.82) is 0 Å². The molecule has 0 amide bonds. The first kappa shape index (κ1) is 19.0. The number of nitrogens with zero attached hydrogens (tertiary/aromatic N) is 3. The van der Waals surface area contributed by atoms with Crippen LogP contribution in [0.15, 0.2) is 4.99 Å². The molecule has 2 aliphatic heterocycles. The summed E-state index contributed by atoms with van der Waals surface area (Å²) < 4.78 is 15.5. The van der Waals surface area contributed by atoms with Gasteiger partial charge in [0.2, 0.25) is 0 Å². The van der Waals surface area contributed by atoms with E-state index >= 15 is 4.39 Å². The Hall–Kier alpha value is 1.65. The molecule has 21 heavy (non-hydrogen) atoms. The molecule has 3 N–H and O–H groups in total. The number of hydrogen-bond donors (Lipinski definition) is 2. The molecular formula is C13H23FIKN4O. The van der Waals surface area contributed by atoms with Crippen LogP contribution in [0, 0.1) is 0 Å². The molecule has 0 spiro atoms. The maximum atomic E-state index is 15.9. The first-order chi connectivity index (χ1) is 9.23. The van der Waals surface area contributed by atoms with E-state index in [1.807, 2.05) is 13.8 Å². The normalized spacial score (nSPS) is 51.4. The number of alkyl halides is 2. The predicted octanol–water partition coefficient (Wildman–Crippen LogP) is 1.14. The van der Waals surface area contributed by atoms with Gasteiger partial charge in [-0.2, -0.15) is 0 Å². The second kappa shape index (κ2) is 5.32. The second-order valence-electron chi connectivity index (χ2n) is 7.26. The molecule has 0 bridgehead atoms. The van der Waals surface area contributed by atoms with Crippen molar-refractivity contribution in [3.05, 3.63) is 0 Å². The van der Waals surface area contributed by atoms with Gasteiger partial charge in [0.25, 0.3) is 0 Å². The second-order valence-corrected chi connectivity index (χ2v) is 11.6. The molecule has 5 atom stereocenters. The molecule has 0 radical (unpaired) electrons. The van der Waals surface area contributed by atoms with Crippen LogP contribution in [0.3, 0.4) is 0 Å². The Kier molecular flexibility index (Phi) is 4.81. The quantitative estimate of drug-likeness (QED) is 0.280. The van der Waals surface area contributed by atoms with Crippen molar-refractivity contribution in [2.45, 2.75) is 68.4 Å². The van der Waals surface area contributed by atoms with Crippen molar-refractivity contribution in [1.82, 2.24) is 9.80 Å². The molecule has 1 saturated heterocycles. The maximum absolute atomic E-state index is 15.9. The molecule has 116 valence electrons. The molecule has 2 rings (SSSR count). The predicted molar refractivity (Wildman–Crippen MR) is 90.9 cm³/mol. The van der Waals surface area contributed by atoms with E-state index in [-0.39, 0.29) is 9.72 Å². The van der Waals surface area contributed by atoms with Crippen LogP contribution in [0.25, 0.3) is 0 Å². The van der Waals surface area contributed by atoms with Crippen LogP contribution in [0.2, 0.25) is 0 Å². The van der Waals surface area contributed by atoms with Crippen molar-refractivity contribution in [2.75, 3.05) is 0 Å². The van der Waals surface area contributed by atoms with Crippen molar-refractivity contribution >= 4 is 77.4 Å². The molecule has 5 nitrogen and oxygen atoms in total. The number of aliphatic imine (C=N–C) groups is 1. The summed E-state index contributed by atoms with van der Waals surface area (Å²) >= 11 is 2.60. The third-order valence-electron chi connectivity index (χ3n) is 4.83. The first-order valence-corrected chi connectivity index (χ1v) is 10.0. The molecule has 0 aromatic rings. The third kappa shape index (κ3) is 2.27. The zero-order chi connectivity index (χ0) is 16.6. The summed E-state index contributed by atoms with van der Waals surface area (Å²) in [6.45, 7) is 10.8. The summed E-state index contributed by atoms with van der Waals surface area (Å²) in [4.78, 5) is 7.88. The molecular weight excluding hydrogens is 413 g/mol. The summed E-state index contributed by atoms with van der Waals surface area (Å²) in [5.41, 5.74) is 2.98. The van der Waals surface area contributed by atoms with Gasteiger partial charge in [0.1, 0.15) is 0 Å². The summed E-state index contributed by atoms with van der Waals surface area (Å²) in [5.74, 6) is -1.39. The number of fused-ring (bicyclic) bond motifs is 1. The van der Waals surface area contributed by atoms with Gasteiger partial charge in [-0.05, 0) is 0 Å². The number of hydrogen-bond acceptors (Lipinski definition) is 5. The third-order valence-corrected chi connectivity index (χ3v) is 10.3. The molecule has 5 unspecified atom stereocenters. The van der Waals surface area contributed by atoms with Gasteiger partial charge in [-0.15, -0.1) is 0 Å². The summed E-state index contributed by atoms with van der Waals surface area (Å²) in [6, 6.07) is -0.0496. The van der Waals surface area contributed by atoms with E-state index in [1.165, 1.54) is 6.92 Å². The van der Waals surface area contributed by atoms with E-state index in [0.29, 0.717) is 54.8 Å². The van der Waals surface area contributed by atoms with Crippen LogP contribution in [-0.4, -0.2) is 96.6 Å². The van der Waals surface area contributed by atoms with E-state index in [1.54, 1.807) is 23.6 Å². The van der Waals surface area contributed by atoms with E-state index < -0.39 is 17.2 Å². The standard InChI is InChI=1S/C13H23FIN4O.K/c1-7(2)18-10(15)8(3)19-9(4)17-12(6,16)13(19,20)11(18,5)14;/h7,10,20H,16H2,1-6H3;. The van der Waals surface area contributed by atoms with Gasteiger partial charge in [-0.3, -0.25) is 0 Å². The van der Waals surface area contributed by atoms with Gasteiger partial charge < -0.3 is 0 Å². The van der Waals surface area contributed by atoms with Gasteiger partial charge in [-0.25, -0.2) is 0 Å².